The van der Waals surface area contributed by atoms with Crippen molar-refractivity contribution in [3.8, 4) is 22.8 Å². The van der Waals surface area contributed by atoms with Crippen LogP contribution in [0.25, 0.3) is 11.3 Å². The lowest BCUT2D eigenvalue weighted by Gasteiger charge is -2.15. The Hall–Kier alpha value is -2.60. The number of ether oxygens (including phenoxy) is 2. The van der Waals surface area contributed by atoms with Gasteiger partial charge >= 0.3 is 0 Å². The zero-order valence-electron chi connectivity index (χ0n) is 14.8. The van der Waals surface area contributed by atoms with Gasteiger partial charge in [0.25, 0.3) is 0 Å². The Bertz CT molecular complexity index is 914. The van der Waals surface area contributed by atoms with Gasteiger partial charge < -0.3 is 14.0 Å². The molecular weight excluding hydrogens is 334 g/mol. The molecule has 0 saturated carbocycles. The van der Waals surface area contributed by atoms with Crippen molar-refractivity contribution in [2.75, 3.05) is 14.2 Å². The lowest BCUT2D eigenvalue weighted by Crippen LogP contribution is -2.18. The van der Waals surface area contributed by atoms with Crippen molar-refractivity contribution >= 4 is 17.0 Å². The number of hydrogen-bond acceptors (Lipinski definition) is 5. The summed E-state index contributed by atoms with van der Waals surface area (Å²) in [6.45, 7) is 4.29. The number of nitrogens with zero attached hydrogens (tertiary/aromatic N) is 3. The van der Waals surface area contributed by atoms with Crippen molar-refractivity contribution in [3.05, 3.63) is 52.9 Å². The Labute approximate surface area is 151 Å². The summed E-state index contributed by atoms with van der Waals surface area (Å²) >= 11 is 1.61. The van der Waals surface area contributed by atoms with Crippen molar-refractivity contribution in [2.45, 2.75) is 19.9 Å². The Morgan fingerprint density at radius 1 is 1.16 bits per heavy atom. The van der Waals surface area contributed by atoms with E-state index in [1.165, 1.54) is 0 Å². The second-order valence-corrected chi connectivity index (χ2v) is 6.59. The molecule has 3 rings (SSSR count). The molecule has 0 bridgehead atoms. The molecule has 1 aromatic carbocycles. The first kappa shape index (κ1) is 17.2. The van der Waals surface area contributed by atoms with E-state index in [9.17, 15) is 0 Å². The monoisotopic (exact) mass is 355 g/mol. The van der Waals surface area contributed by atoms with E-state index in [0.29, 0.717) is 0 Å². The lowest BCUT2D eigenvalue weighted by atomic mass is 10.1. The van der Waals surface area contributed by atoms with Crippen LogP contribution in [-0.2, 0) is 0 Å². The SMILES string of the molecule is COc1ccc(-c2csc(=Nc3cccnc3)n2C(C)C)c(OC)c1. The summed E-state index contributed by atoms with van der Waals surface area (Å²) in [4.78, 5) is 9.81. The van der Waals surface area contributed by atoms with E-state index in [2.05, 4.69) is 28.8 Å². The molecule has 0 unspecified atom stereocenters. The minimum absolute atomic E-state index is 0.253. The number of methoxy groups -OCH3 is 2. The van der Waals surface area contributed by atoms with Crippen LogP contribution in [-0.4, -0.2) is 23.8 Å². The highest BCUT2D eigenvalue weighted by Crippen LogP contribution is 2.34. The Morgan fingerprint density at radius 3 is 2.64 bits per heavy atom. The van der Waals surface area contributed by atoms with Gasteiger partial charge in [0.15, 0.2) is 4.80 Å². The number of hydrogen-bond donors (Lipinski definition) is 0. The standard InChI is InChI=1S/C19H21N3O2S/c1-13(2)22-17(16-8-7-15(23-3)10-18(16)24-4)12-25-19(22)21-14-6-5-9-20-11-14/h5-13H,1-4H3. The molecule has 2 heterocycles. The van der Waals surface area contributed by atoms with Gasteiger partial charge in [-0.3, -0.25) is 4.98 Å². The maximum atomic E-state index is 5.58. The highest BCUT2D eigenvalue weighted by atomic mass is 32.1. The molecule has 0 saturated heterocycles. The average Bonchev–Trinajstić information content (AvgIpc) is 3.05. The van der Waals surface area contributed by atoms with Crippen molar-refractivity contribution in [3.63, 3.8) is 0 Å². The van der Waals surface area contributed by atoms with Gasteiger partial charge in [-0.25, -0.2) is 4.99 Å². The second-order valence-electron chi connectivity index (χ2n) is 5.76. The molecule has 0 N–H and O–H groups in total. The smallest absolute Gasteiger partial charge is 0.190 e. The first-order chi connectivity index (χ1) is 12.1. The van der Waals surface area contributed by atoms with Crippen molar-refractivity contribution in [1.29, 1.82) is 0 Å². The largest absolute Gasteiger partial charge is 0.497 e. The van der Waals surface area contributed by atoms with E-state index in [0.717, 1.165) is 33.2 Å². The normalized spacial score (nSPS) is 11.8. The summed E-state index contributed by atoms with van der Waals surface area (Å²) in [6, 6.07) is 9.95. The average molecular weight is 355 g/mol. The third-order valence-corrected chi connectivity index (χ3v) is 4.65. The number of benzene rings is 1. The number of aromatic nitrogens is 2. The molecule has 0 spiro atoms. The molecule has 3 aromatic rings. The van der Waals surface area contributed by atoms with Crippen LogP contribution in [0.2, 0.25) is 0 Å². The number of thiazole rings is 1. The van der Waals surface area contributed by atoms with Crippen LogP contribution in [0.4, 0.5) is 5.69 Å². The number of rotatable bonds is 5. The first-order valence-corrected chi connectivity index (χ1v) is 8.89. The summed E-state index contributed by atoms with van der Waals surface area (Å²) < 4.78 is 13.1. The second kappa shape index (κ2) is 7.53. The molecular formula is C19H21N3O2S. The fourth-order valence-electron chi connectivity index (χ4n) is 2.64. The summed E-state index contributed by atoms with van der Waals surface area (Å²) in [5, 5.41) is 2.11. The maximum Gasteiger partial charge on any atom is 0.190 e. The zero-order valence-corrected chi connectivity index (χ0v) is 15.6. The van der Waals surface area contributed by atoms with Gasteiger partial charge in [0.05, 0.1) is 31.8 Å². The van der Waals surface area contributed by atoms with Crippen LogP contribution in [0.1, 0.15) is 19.9 Å². The Morgan fingerprint density at radius 2 is 2.00 bits per heavy atom. The molecule has 6 heteroatoms. The van der Waals surface area contributed by atoms with Crippen LogP contribution in [0, 0.1) is 0 Å². The first-order valence-electron chi connectivity index (χ1n) is 8.01. The fourth-order valence-corrected chi connectivity index (χ4v) is 3.68. The van der Waals surface area contributed by atoms with E-state index < -0.39 is 0 Å². The van der Waals surface area contributed by atoms with Crippen LogP contribution >= 0.6 is 11.3 Å². The Balaban J connectivity index is 2.17. The van der Waals surface area contributed by atoms with Gasteiger partial charge in [-0.05, 0) is 38.1 Å². The molecule has 130 valence electrons. The molecule has 2 aromatic heterocycles. The van der Waals surface area contributed by atoms with E-state index in [1.54, 1.807) is 38.0 Å². The molecule has 0 amide bonds. The molecule has 0 radical (unpaired) electrons. The van der Waals surface area contributed by atoms with E-state index in [-0.39, 0.29) is 6.04 Å². The van der Waals surface area contributed by atoms with Crippen LogP contribution in [0.15, 0.2) is 53.1 Å². The van der Waals surface area contributed by atoms with Gasteiger partial charge in [0, 0.05) is 29.2 Å². The molecule has 0 atom stereocenters. The van der Waals surface area contributed by atoms with Gasteiger partial charge in [-0.2, -0.15) is 0 Å². The summed E-state index contributed by atoms with van der Waals surface area (Å²) in [5.74, 6) is 1.55. The summed E-state index contributed by atoms with van der Waals surface area (Å²) in [7, 11) is 3.32. The van der Waals surface area contributed by atoms with E-state index >= 15 is 0 Å². The van der Waals surface area contributed by atoms with E-state index in [1.807, 2.05) is 30.3 Å². The third-order valence-electron chi connectivity index (χ3n) is 3.81. The minimum Gasteiger partial charge on any atom is -0.497 e. The van der Waals surface area contributed by atoms with Crippen molar-refractivity contribution < 1.29 is 9.47 Å². The fraction of sp³-hybridized carbons (Fsp3) is 0.263. The lowest BCUT2D eigenvalue weighted by molar-refractivity contribution is 0.395. The van der Waals surface area contributed by atoms with Crippen molar-refractivity contribution in [1.82, 2.24) is 9.55 Å². The molecule has 0 fully saturated rings. The third kappa shape index (κ3) is 3.58. The highest BCUT2D eigenvalue weighted by Gasteiger charge is 2.15. The molecule has 0 aliphatic carbocycles. The maximum absolute atomic E-state index is 5.58. The number of pyridine rings is 1. The van der Waals surface area contributed by atoms with Crippen LogP contribution < -0.4 is 14.3 Å². The predicted octanol–water partition coefficient (Wildman–Crippen LogP) is 4.44. The summed E-state index contributed by atoms with van der Waals surface area (Å²) in [6.07, 6.45) is 3.51. The summed E-state index contributed by atoms with van der Waals surface area (Å²) in [5.41, 5.74) is 2.93. The van der Waals surface area contributed by atoms with Crippen LogP contribution in [0.3, 0.4) is 0 Å². The predicted molar refractivity (Wildman–Crippen MR) is 101 cm³/mol. The topological polar surface area (TPSA) is 48.6 Å². The minimum atomic E-state index is 0.253. The van der Waals surface area contributed by atoms with Gasteiger partial charge in [-0.15, -0.1) is 11.3 Å². The van der Waals surface area contributed by atoms with Gasteiger partial charge in [0.2, 0.25) is 0 Å². The molecule has 0 aliphatic heterocycles. The van der Waals surface area contributed by atoms with Crippen LogP contribution in [0.5, 0.6) is 11.5 Å². The molecule has 5 nitrogen and oxygen atoms in total. The van der Waals surface area contributed by atoms with Gasteiger partial charge in [0.1, 0.15) is 11.5 Å². The highest BCUT2D eigenvalue weighted by molar-refractivity contribution is 7.07. The zero-order chi connectivity index (χ0) is 17.8. The molecule has 25 heavy (non-hydrogen) atoms. The van der Waals surface area contributed by atoms with E-state index in [4.69, 9.17) is 14.5 Å². The van der Waals surface area contributed by atoms with Crippen molar-refractivity contribution in [2.24, 2.45) is 4.99 Å². The molecule has 0 aliphatic rings. The Kier molecular flexibility index (Phi) is 5.19. The van der Waals surface area contributed by atoms with Gasteiger partial charge in [-0.1, -0.05) is 0 Å². The quantitative estimate of drug-likeness (QED) is 0.680.